The Balaban J connectivity index is 1.48. The lowest BCUT2D eigenvalue weighted by atomic mass is 9.93. The Kier molecular flexibility index (Phi) is 5.74. The Labute approximate surface area is 171 Å². The van der Waals surface area contributed by atoms with E-state index >= 15 is 0 Å². The SMILES string of the molecule is CCC(C)[C@H](NC(=O)N1CCn2c1nc1ccccc12)C(=O)NC1CCCCC1. The molecule has 1 fully saturated rings. The Morgan fingerprint density at radius 2 is 1.93 bits per heavy atom. The number of imidazole rings is 1. The van der Waals surface area contributed by atoms with E-state index in [9.17, 15) is 9.59 Å². The first kappa shape index (κ1) is 19.7. The van der Waals surface area contributed by atoms with E-state index in [-0.39, 0.29) is 23.9 Å². The van der Waals surface area contributed by atoms with E-state index in [0.717, 1.165) is 43.1 Å². The smallest absolute Gasteiger partial charge is 0.324 e. The molecule has 156 valence electrons. The van der Waals surface area contributed by atoms with Gasteiger partial charge in [-0.15, -0.1) is 0 Å². The number of carbonyl (C=O) groups is 2. The second kappa shape index (κ2) is 8.43. The van der Waals surface area contributed by atoms with Crippen molar-refractivity contribution in [3.05, 3.63) is 24.3 Å². The van der Waals surface area contributed by atoms with Crippen LogP contribution in [0.1, 0.15) is 52.4 Å². The molecule has 2 atom stereocenters. The summed E-state index contributed by atoms with van der Waals surface area (Å²) in [4.78, 5) is 32.4. The van der Waals surface area contributed by atoms with Gasteiger partial charge in [-0.2, -0.15) is 0 Å². The van der Waals surface area contributed by atoms with Crippen molar-refractivity contribution in [2.45, 2.75) is 71.0 Å². The highest BCUT2D eigenvalue weighted by molar-refractivity contribution is 5.96. The van der Waals surface area contributed by atoms with Gasteiger partial charge in [0.2, 0.25) is 11.9 Å². The monoisotopic (exact) mass is 397 g/mol. The van der Waals surface area contributed by atoms with Gasteiger partial charge in [-0.3, -0.25) is 9.69 Å². The zero-order valence-electron chi connectivity index (χ0n) is 17.4. The summed E-state index contributed by atoms with van der Waals surface area (Å²) in [5, 5.41) is 6.18. The molecule has 1 aromatic carbocycles. The highest BCUT2D eigenvalue weighted by Crippen LogP contribution is 2.27. The second-order valence-corrected chi connectivity index (χ2v) is 8.36. The van der Waals surface area contributed by atoms with Crippen LogP contribution in [-0.2, 0) is 11.3 Å². The molecule has 3 amide bonds. The summed E-state index contributed by atoms with van der Waals surface area (Å²) in [6, 6.07) is 7.36. The number of nitrogens with one attached hydrogen (secondary N) is 2. The molecule has 29 heavy (non-hydrogen) atoms. The number of rotatable bonds is 5. The van der Waals surface area contributed by atoms with Gasteiger partial charge in [0.15, 0.2) is 0 Å². The van der Waals surface area contributed by atoms with Crippen LogP contribution in [0.2, 0.25) is 0 Å². The van der Waals surface area contributed by atoms with Crippen molar-refractivity contribution >= 4 is 28.9 Å². The molecule has 1 aliphatic heterocycles. The molecule has 1 unspecified atom stereocenters. The minimum atomic E-state index is -0.534. The zero-order chi connectivity index (χ0) is 20.4. The molecule has 0 saturated heterocycles. The van der Waals surface area contributed by atoms with Crippen LogP contribution in [0.25, 0.3) is 11.0 Å². The molecule has 0 spiro atoms. The van der Waals surface area contributed by atoms with E-state index in [4.69, 9.17) is 0 Å². The van der Waals surface area contributed by atoms with Crippen LogP contribution in [-0.4, -0.2) is 40.1 Å². The molecule has 2 heterocycles. The maximum Gasteiger partial charge on any atom is 0.324 e. The van der Waals surface area contributed by atoms with E-state index in [1.807, 2.05) is 38.1 Å². The van der Waals surface area contributed by atoms with E-state index in [0.29, 0.717) is 19.0 Å². The fourth-order valence-corrected chi connectivity index (χ4v) is 4.43. The predicted molar refractivity (Wildman–Crippen MR) is 114 cm³/mol. The third-order valence-electron chi connectivity index (χ3n) is 6.39. The molecule has 1 aliphatic carbocycles. The van der Waals surface area contributed by atoms with Crippen LogP contribution in [0.4, 0.5) is 10.7 Å². The number of para-hydroxylation sites is 2. The van der Waals surface area contributed by atoms with Gasteiger partial charge in [-0.05, 0) is 30.9 Å². The molecule has 0 bridgehead atoms. The molecule has 7 nitrogen and oxygen atoms in total. The van der Waals surface area contributed by atoms with Crippen molar-refractivity contribution in [1.82, 2.24) is 20.2 Å². The largest absolute Gasteiger partial charge is 0.352 e. The number of nitrogens with zero attached hydrogens (tertiary/aromatic N) is 3. The fourth-order valence-electron chi connectivity index (χ4n) is 4.43. The van der Waals surface area contributed by atoms with Crippen molar-refractivity contribution in [2.75, 3.05) is 11.4 Å². The Morgan fingerprint density at radius 3 is 2.69 bits per heavy atom. The standard InChI is InChI=1S/C22H31N5O2/c1-3-15(2)19(20(28)23-16-9-5-4-6-10-16)25-22(29)27-14-13-26-18-12-8-7-11-17(18)24-21(26)27/h7-8,11-12,15-16,19H,3-6,9-10,13-14H2,1-2H3,(H,23,28)(H,25,29)/t15?,19-/m0/s1. The molecule has 1 saturated carbocycles. The summed E-state index contributed by atoms with van der Waals surface area (Å²) >= 11 is 0. The van der Waals surface area contributed by atoms with E-state index in [1.165, 1.54) is 6.42 Å². The zero-order valence-corrected chi connectivity index (χ0v) is 17.4. The van der Waals surface area contributed by atoms with Crippen LogP contribution in [0.15, 0.2) is 24.3 Å². The van der Waals surface area contributed by atoms with Crippen molar-refractivity contribution in [3.8, 4) is 0 Å². The first-order valence-electron chi connectivity index (χ1n) is 10.9. The minimum absolute atomic E-state index is 0.0592. The molecule has 2 aromatic rings. The highest BCUT2D eigenvalue weighted by Gasteiger charge is 2.33. The number of urea groups is 1. The van der Waals surface area contributed by atoms with Crippen molar-refractivity contribution in [3.63, 3.8) is 0 Å². The van der Waals surface area contributed by atoms with Gasteiger partial charge in [0.25, 0.3) is 0 Å². The van der Waals surface area contributed by atoms with E-state index in [2.05, 4.69) is 20.2 Å². The summed E-state index contributed by atoms with van der Waals surface area (Å²) in [6.07, 6.45) is 6.45. The Hall–Kier alpha value is -2.57. The van der Waals surface area contributed by atoms with Crippen molar-refractivity contribution in [2.24, 2.45) is 5.92 Å². The number of hydrogen-bond donors (Lipinski definition) is 2. The molecule has 4 rings (SSSR count). The number of hydrogen-bond acceptors (Lipinski definition) is 3. The molecule has 2 aliphatic rings. The van der Waals surface area contributed by atoms with Gasteiger partial charge in [0.05, 0.1) is 11.0 Å². The van der Waals surface area contributed by atoms with Crippen LogP contribution in [0.5, 0.6) is 0 Å². The van der Waals surface area contributed by atoms with Crippen LogP contribution in [0, 0.1) is 5.92 Å². The highest BCUT2D eigenvalue weighted by atomic mass is 16.2. The van der Waals surface area contributed by atoms with Gasteiger partial charge in [-0.1, -0.05) is 51.7 Å². The second-order valence-electron chi connectivity index (χ2n) is 8.36. The summed E-state index contributed by atoms with van der Waals surface area (Å²) in [5.74, 6) is 0.649. The Morgan fingerprint density at radius 1 is 1.17 bits per heavy atom. The first-order valence-corrected chi connectivity index (χ1v) is 10.9. The van der Waals surface area contributed by atoms with Gasteiger partial charge in [0.1, 0.15) is 6.04 Å². The average Bonchev–Trinajstić information content (AvgIpc) is 3.31. The van der Waals surface area contributed by atoms with Crippen LogP contribution < -0.4 is 15.5 Å². The topological polar surface area (TPSA) is 79.3 Å². The number of anilines is 1. The van der Waals surface area contributed by atoms with Crippen molar-refractivity contribution < 1.29 is 9.59 Å². The first-order chi connectivity index (χ1) is 14.1. The molecular weight excluding hydrogens is 366 g/mol. The van der Waals surface area contributed by atoms with Gasteiger partial charge in [-0.25, -0.2) is 9.78 Å². The number of fused-ring (bicyclic) bond motifs is 3. The van der Waals surface area contributed by atoms with Crippen LogP contribution in [0.3, 0.4) is 0 Å². The van der Waals surface area contributed by atoms with E-state index in [1.54, 1.807) is 4.90 Å². The lowest BCUT2D eigenvalue weighted by Crippen LogP contribution is -2.55. The lowest BCUT2D eigenvalue weighted by Gasteiger charge is -2.29. The fraction of sp³-hybridized carbons (Fsp3) is 0.591. The summed E-state index contributed by atoms with van der Waals surface area (Å²) in [6.45, 7) is 5.35. The average molecular weight is 398 g/mol. The molecule has 1 aromatic heterocycles. The van der Waals surface area contributed by atoms with Crippen molar-refractivity contribution in [1.29, 1.82) is 0 Å². The van der Waals surface area contributed by atoms with Gasteiger partial charge >= 0.3 is 6.03 Å². The molecule has 2 N–H and O–H groups in total. The van der Waals surface area contributed by atoms with Gasteiger partial charge in [0, 0.05) is 19.1 Å². The maximum absolute atomic E-state index is 13.1. The quantitative estimate of drug-likeness (QED) is 0.811. The Bertz CT molecular complexity index is 886. The predicted octanol–water partition coefficient (Wildman–Crippen LogP) is 3.43. The summed E-state index contributed by atoms with van der Waals surface area (Å²) < 4.78 is 2.06. The number of aromatic nitrogens is 2. The number of amides is 3. The minimum Gasteiger partial charge on any atom is -0.352 e. The van der Waals surface area contributed by atoms with E-state index < -0.39 is 6.04 Å². The van der Waals surface area contributed by atoms with Gasteiger partial charge < -0.3 is 15.2 Å². The molecule has 7 heteroatoms. The van der Waals surface area contributed by atoms with Crippen LogP contribution >= 0.6 is 0 Å². The third-order valence-corrected chi connectivity index (χ3v) is 6.39. The lowest BCUT2D eigenvalue weighted by molar-refractivity contribution is -0.125. The number of benzene rings is 1. The molecular formula is C22H31N5O2. The summed E-state index contributed by atoms with van der Waals surface area (Å²) in [7, 11) is 0. The third kappa shape index (κ3) is 3.95. The molecule has 0 radical (unpaired) electrons. The normalized spacial score (nSPS) is 19.0. The summed E-state index contributed by atoms with van der Waals surface area (Å²) in [5.41, 5.74) is 1.92. The number of carbonyl (C=O) groups excluding carboxylic acids is 2. The maximum atomic E-state index is 13.1.